The highest BCUT2D eigenvalue weighted by Crippen LogP contribution is 2.28. The van der Waals surface area contributed by atoms with Crippen LogP contribution in [0.2, 0.25) is 0 Å². The van der Waals surface area contributed by atoms with Crippen LogP contribution in [0.4, 0.5) is 0 Å². The van der Waals surface area contributed by atoms with Crippen LogP contribution in [0, 0.1) is 0 Å². The zero-order valence-corrected chi connectivity index (χ0v) is 15.7. The molecule has 1 aliphatic heterocycles. The monoisotopic (exact) mass is 375 g/mol. The van der Waals surface area contributed by atoms with Crippen LogP contribution >= 0.6 is 0 Å². The van der Waals surface area contributed by atoms with E-state index in [0.717, 1.165) is 38.4 Å². The van der Waals surface area contributed by atoms with Crippen LogP contribution in [0.15, 0.2) is 18.2 Å². The number of nitrogens with zero attached hydrogens (tertiary/aromatic N) is 3. The molecule has 146 valence electrons. The number of rotatable bonds is 7. The predicted molar refractivity (Wildman–Crippen MR) is 99.9 cm³/mol. The van der Waals surface area contributed by atoms with Crippen molar-refractivity contribution in [1.82, 2.24) is 25.3 Å². The molecule has 1 aliphatic rings. The Kier molecular flexibility index (Phi) is 6.25. The second-order valence-corrected chi connectivity index (χ2v) is 6.24. The molecular weight excluding hydrogens is 350 g/mol. The Morgan fingerprint density at radius 3 is 2.74 bits per heavy atom. The highest BCUT2D eigenvalue weighted by molar-refractivity contribution is 6.07. The number of benzene rings is 1. The Hall–Kier alpha value is -2.65. The lowest BCUT2D eigenvalue weighted by Crippen LogP contribution is -2.38. The summed E-state index contributed by atoms with van der Waals surface area (Å²) in [6.07, 6.45) is 0. The molecule has 0 aliphatic carbocycles. The predicted octanol–water partition coefficient (Wildman–Crippen LogP) is -0.147. The Balaban J connectivity index is 1.85. The molecule has 0 saturated carbocycles. The van der Waals surface area contributed by atoms with E-state index >= 15 is 0 Å². The fraction of sp³-hybridized carbons (Fsp3) is 0.500. The van der Waals surface area contributed by atoms with Crippen molar-refractivity contribution in [3.63, 3.8) is 0 Å². The van der Waals surface area contributed by atoms with Gasteiger partial charge in [-0.05, 0) is 6.07 Å². The molecule has 0 unspecified atom stereocenters. The molecule has 2 aromatic rings. The summed E-state index contributed by atoms with van der Waals surface area (Å²) in [5.74, 6) is 0.00582. The van der Waals surface area contributed by atoms with Crippen molar-refractivity contribution >= 4 is 22.7 Å². The molecule has 2 amide bonds. The first-order chi connectivity index (χ1) is 13.1. The maximum Gasteiger partial charge on any atom is 0.272 e. The molecule has 1 aromatic heterocycles. The second-order valence-electron chi connectivity index (χ2n) is 6.24. The summed E-state index contributed by atoms with van der Waals surface area (Å²) < 4.78 is 12.7. The first-order valence-corrected chi connectivity index (χ1v) is 8.96. The highest BCUT2D eigenvalue weighted by Gasteiger charge is 2.21. The largest absolute Gasteiger partial charge is 0.494 e. The third-order valence-corrected chi connectivity index (χ3v) is 4.59. The fourth-order valence-electron chi connectivity index (χ4n) is 3.09. The number of aromatic nitrogens is 2. The summed E-state index contributed by atoms with van der Waals surface area (Å²) in [5, 5.41) is 10.3. The van der Waals surface area contributed by atoms with E-state index in [-0.39, 0.29) is 24.1 Å². The summed E-state index contributed by atoms with van der Waals surface area (Å²) in [5.41, 5.74) is 1.06. The number of methoxy groups -OCH3 is 1. The van der Waals surface area contributed by atoms with Crippen LogP contribution in [0.25, 0.3) is 10.9 Å². The van der Waals surface area contributed by atoms with Crippen molar-refractivity contribution in [2.45, 2.75) is 6.54 Å². The number of nitrogens with one attached hydrogen (secondary N) is 2. The van der Waals surface area contributed by atoms with Crippen LogP contribution in [0.5, 0.6) is 5.75 Å². The van der Waals surface area contributed by atoms with Gasteiger partial charge in [-0.3, -0.25) is 19.2 Å². The maximum atomic E-state index is 12.6. The molecule has 2 heterocycles. The van der Waals surface area contributed by atoms with Crippen LogP contribution < -0.4 is 15.4 Å². The van der Waals surface area contributed by atoms with Crippen LogP contribution in [0.3, 0.4) is 0 Å². The third-order valence-electron chi connectivity index (χ3n) is 4.59. The molecule has 0 radical (unpaired) electrons. The fourth-order valence-corrected chi connectivity index (χ4v) is 3.09. The zero-order chi connectivity index (χ0) is 19.2. The number of fused-ring (bicyclic) bond motifs is 1. The quantitative estimate of drug-likeness (QED) is 0.699. The number of amides is 2. The molecule has 1 fully saturated rings. The van der Waals surface area contributed by atoms with Gasteiger partial charge in [0.05, 0.1) is 33.4 Å². The summed E-state index contributed by atoms with van der Waals surface area (Å²) in [6, 6.07) is 5.51. The van der Waals surface area contributed by atoms with Crippen LogP contribution in [-0.4, -0.2) is 80.0 Å². The van der Waals surface area contributed by atoms with Gasteiger partial charge in [-0.25, -0.2) is 0 Å². The number of para-hydroxylation sites is 1. The molecule has 0 atom stereocenters. The molecule has 1 saturated heterocycles. The minimum absolute atomic E-state index is 0.0958. The first-order valence-electron chi connectivity index (χ1n) is 8.96. The maximum absolute atomic E-state index is 12.6. The molecule has 9 heteroatoms. The summed E-state index contributed by atoms with van der Waals surface area (Å²) in [4.78, 5) is 26.3. The van der Waals surface area contributed by atoms with Crippen molar-refractivity contribution in [2.75, 3.05) is 53.6 Å². The van der Waals surface area contributed by atoms with Gasteiger partial charge in [-0.15, -0.1) is 0 Å². The Labute approximate surface area is 157 Å². The van der Waals surface area contributed by atoms with Gasteiger partial charge < -0.3 is 20.1 Å². The van der Waals surface area contributed by atoms with Gasteiger partial charge in [0.2, 0.25) is 5.91 Å². The highest BCUT2D eigenvalue weighted by atomic mass is 16.5. The van der Waals surface area contributed by atoms with E-state index in [1.165, 1.54) is 7.05 Å². The number of likely N-dealkylation sites (N-methyl/N-ethyl adjacent to an activating group) is 1. The van der Waals surface area contributed by atoms with E-state index in [4.69, 9.17) is 9.47 Å². The van der Waals surface area contributed by atoms with E-state index in [2.05, 4.69) is 20.6 Å². The number of ether oxygens (including phenoxy) is 2. The minimum atomic E-state index is -0.387. The lowest BCUT2D eigenvalue weighted by atomic mass is 10.2. The Morgan fingerprint density at radius 2 is 2.04 bits per heavy atom. The number of hydrogen-bond donors (Lipinski definition) is 2. The van der Waals surface area contributed by atoms with Gasteiger partial charge in [-0.2, -0.15) is 5.10 Å². The van der Waals surface area contributed by atoms with Gasteiger partial charge in [-0.1, -0.05) is 12.1 Å². The first kappa shape index (κ1) is 19.1. The number of carbonyl (C=O) groups is 2. The van der Waals surface area contributed by atoms with Gasteiger partial charge in [0.25, 0.3) is 5.91 Å². The van der Waals surface area contributed by atoms with E-state index in [1.54, 1.807) is 11.8 Å². The van der Waals surface area contributed by atoms with Gasteiger partial charge in [0.1, 0.15) is 11.3 Å². The molecule has 2 N–H and O–H groups in total. The van der Waals surface area contributed by atoms with Gasteiger partial charge in [0, 0.05) is 32.1 Å². The van der Waals surface area contributed by atoms with Gasteiger partial charge in [0.15, 0.2) is 5.69 Å². The summed E-state index contributed by atoms with van der Waals surface area (Å²) in [7, 11) is 3.12. The Morgan fingerprint density at radius 1 is 1.26 bits per heavy atom. The lowest BCUT2D eigenvalue weighted by molar-refractivity contribution is -0.119. The van der Waals surface area contributed by atoms with Crippen LogP contribution in [-0.2, 0) is 16.1 Å². The average molecular weight is 375 g/mol. The third kappa shape index (κ3) is 4.37. The second kappa shape index (κ2) is 8.83. The van der Waals surface area contributed by atoms with Crippen molar-refractivity contribution < 1.29 is 19.1 Å². The smallest absolute Gasteiger partial charge is 0.272 e. The zero-order valence-electron chi connectivity index (χ0n) is 15.7. The van der Waals surface area contributed by atoms with Crippen molar-refractivity contribution in [3.8, 4) is 5.75 Å². The van der Waals surface area contributed by atoms with Crippen molar-refractivity contribution in [2.24, 2.45) is 0 Å². The van der Waals surface area contributed by atoms with Crippen molar-refractivity contribution in [1.29, 1.82) is 0 Å². The van der Waals surface area contributed by atoms with Crippen molar-refractivity contribution in [3.05, 3.63) is 23.9 Å². The standard InChI is InChI=1S/C18H25N5O4/c1-19-15(24)12-20-18(25)16-13-4-3-5-14(26-2)17(13)23(21-16)7-6-22-8-10-27-11-9-22/h3-5H,6-12H2,1-2H3,(H,19,24)(H,20,25). The van der Waals surface area contributed by atoms with Crippen LogP contribution in [0.1, 0.15) is 10.5 Å². The molecule has 9 nitrogen and oxygen atoms in total. The minimum Gasteiger partial charge on any atom is -0.494 e. The van der Waals surface area contributed by atoms with E-state index in [1.807, 2.05) is 18.2 Å². The number of morpholine rings is 1. The molecule has 0 spiro atoms. The van der Waals surface area contributed by atoms with E-state index < -0.39 is 0 Å². The SMILES string of the molecule is CNC(=O)CNC(=O)c1nn(CCN2CCOCC2)c2c(OC)cccc12. The molecule has 0 bridgehead atoms. The van der Waals surface area contributed by atoms with E-state index in [0.29, 0.717) is 17.7 Å². The topological polar surface area (TPSA) is 97.7 Å². The van der Waals surface area contributed by atoms with E-state index in [9.17, 15) is 9.59 Å². The molecule has 3 rings (SSSR count). The molecule has 1 aromatic carbocycles. The summed E-state index contributed by atoms with van der Waals surface area (Å²) >= 11 is 0. The molecular formula is C18H25N5O4. The lowest BCUT2D eigenvalue weighted by Gasteiger charge is -2.26. The number of hydrogen-bond acceptors (Lipinski definition) is 6. The normalized spacial score (nSPS) is 14.9. The number of carbonyl (C=O) groups excluding carboxylic acids is 2. The molecule has 27 heavy (non-hydrogen) atoms. The summed E-state index contributed by atoms with van der Waals surface area (Å²) in [6.45, 7) is 4.57. The van der Waals surface area contributed by atoms with Gasteiger partial charge >= 0.3 is 0 Å². The average Bonchev–Trinajstić information content (AvgIpc) is 3.10. The Bertz CT molecular complexity index is 813.